The summed E-state index contributed by atoms with van der Waals surface area (Å²) in [6, 6.07) is 8.41. The molecule has 1 heterocycles. The van der Waals surface area contributed by atoms with Gasteiger partial charge in [0.25, 0.3) is 0 Å². The third-order valence-electron chi connectivity index (χ3n) is 2.84. The Morgan fingerprint density at radius 2 is 2.06 bits per heavy atom. The molecule has 0 aliphatic heterocycles. The summed E-state index contributed by atoms with van der Waals surface area (Å²) >= 11 is 3.53. The van der Waals surface area contributed by atoms with Gasteiger partial charge in [-0.05, 0) is 50.2 Å². The van der Waals surface area contributed by atoms with Crippen LogP contribution in [-0.4, -0.2) is 16.3 Å². The largest absolute Gasteiger partial charge is 0.313 e. The van der Waals surface area contributed by atoms with Crippen LogP contribution in [-0.2, 0) is 6.54 Å². The molecule has 0 aliphatic carbocycles. The number of nitrogens with one attached hydrogen (secondary N) is 1. The summed E-state index contributed by atoms with van der Waals surface area (Å²) in [7, 11) is 0. The molecule has 0 radical (unpaired) electrons. The second kappa shape index (κ2) is 5.67. The van der Waals surface area contributed by atoms with Crippen LogP contribution in [0, 0.1) is 13.8 Å². The lowest BCUT2D eigenvalue weighted by Gasteiger charge is -2.12. The Kier molecular flexibility index (Phi) is 4.19. The maximum Gasteiger partial charge on any atom is 0.0694 e. The molecular weight excluding hydrogens is 290 g/mol. The van der Waals surface area contributed by atoms with E-state index in [-0.39, 0.29) is 0 Å². The van der Waals surface area contributed by atoms with Gasteiger partial charge >= 0.3 is 0 Å². The van der Waals surface area contributed by atoms with Crippen LogP contribution in [0.3, 0.4) is 0 Å². The molecule has 0 saturated carbocycles. The zero-order valence-electron chi connectivity index (χ0n) is 11.0. The molecule has 2 aromatic rings. The Morgan fingerprint density at radius 1 is 1.28 bits per heavy atom. The van der Waals surface area contributed by atoms with Gasteiger partial charge in [0, 0.05) is 16.7 Å². The number of halogens is 1. The number of aryl methyl sites for hydroxylation is 2. The van der Waals surface area contributed by atoms with Crippen molar-refractivity contribution < 1.29 is 0 Å². The van der Waals surface area contributed by atoms with Crippen molar-refractivity contribution in [2.75, 3.05) is 6.54 Å². The molecule has 3 nitrogen and oxygen atoms in total. The average molecular weight is 308 g/mol. The van der Waals surface area contributed by atoms with Gasteiger partial charge in [0.1, 0.15) is 0 Å². The molecule has 0 saturated heterocycles. The highest BCUT2D eigenvalue weighted by Gasteiger charge is 2.09. The lowest BCUT2D eigenvalue weighted by Crippen LogP contribution is -2.14. The highest BCUT2D eigenvalue weighted by atomic mass is 79.9. The Hall–Kier alpha value is -1.13. The van der Waals surface area contributed by atoms with Crippen molar-refractivity contribution in [3.63, 3.8) is 0 Å². The van der Waals surface area contributed by atoms with E-state index >= 15 is 0 Å². The fourth-order valence-corrected chi connectivity index (χ4v) is 2.44. The van der Waals surface area contributed by atoms with E-state index in [9.17, 15) is 0 Å². The van der Waals surface area contributed by atoms with Gasteiger partial charge in [-0.15, -0.1) is 0 Å². The minimum Gasteiger partial charge on any atom is -0.313 e. The third kappa shape index (κ3) is 2.82. The summed E-state index contributed by atoms with van der Waals surface area (Å²) in [5, 5.41) is 7.92. The molecule has 1 aromatic heterocycles. The highest BCUT2D eigenvalue weighted by Crippen LogP contribution is 2.21. The van der Waals surface area contributed by atoms with Gasteiger partial charge in [0.05, 0.1) is 11.4 Å². The Labute approximate surface area is 116 Å². The van der Waals surface area contributed by atoms with Crippen LogP contribution in [0.25, 0.3) is 5.69 Å². The zero-order valence-corrected chi connectivity index (χ0v) is 12.6. The minimum atomic E-state index is 0.851. The molecule has 2 rings (SSSR count). The van der Waals surface area contributed by atoms with E-state index in [1.54, 1.807) is 0 Å². The molecule has 4 heteroatoms. The Balaban J connectivity index is 2.46. The molecule has 0 fully saturated rings. The number of aromatic nitrogens is 2. The van der Waals surface area contributed by atoms with Crippen molar-refractivity contribution in [3.05, 3.63) is 45.7 Å². The van der Waals surface area contributed by atoms with Gasteiger partial charge in [-0.3, -0.25) is 0 Å². The first-order chi connectivity index (χ1) is 8.61. The quantitative estimate of drug-likeness (QED) is 0.938. The van der Waals surface area contributed by atoms with Gasteiger partial charge in [0.15, 0.2) is 0 Å². The zero-order chi connectivity index (χ0) is 13.1. The van der Waals surface area contributed by atoms with Crippen molar-refractivity contribution in [1.82, 2.24) is 15.1 Å². The number of hydrogen-bond acceptors (Lipinski definition) is 2. The number of benzene rings is 1. The molecule has 0 bridgehead atoms. The molecule has 0 unspecified atom stereocenters. The van der Waals surface area contributed by atoms with Crippen LogP contribution in [0.15, 0.2) is 28.7 Å². The second-order valence-corrected chi connectivity index (χ2v) is 5.31. The van der Waals surface area contributed by atoms with Gasteiger partial charge in [-0.25, -0.2) is 4.68 Å². The number of rotatable bonds is 4. The third-order valence-corrected chi connectivity index (χ3v) is 3.34. The number of hydrogen-bond donors (Lipinski definition) is 1. The summed E-state index contributed by atoms with van der Waals surface area (Å²) < 4.78 is 3.11. The predicted octanol–water partition coefficient (Wildman–Crippen LogP) is 3.36. The fourth-order valence-electron chi connectivity index (χ4n) is 2.03. The molecular formula is C14H18BrN3. The van der Waals surface area contributed by atoms with Gasteiger partial charge < -0.3 is 5.32 Å². The molecule has 0 amide bonds. The Bertz CT molecular complexity index is 546. The van der Waals surface area contributed by atoms with Crippen LogP contribution < -0.4 is 5.32 Å². The van der Waals surface area contributed by atoms with E-state index in [0.717, 1.165) is 34.6 Å². The standard InChI is InChI=1S/C14H18BrN3/c1-4-16-9-12-8-13(15)5-6-14(12)18-11(3)7-10(2)17-18/h5-8,16H,4,9H2,1-3H3. The first kappa shape index (κ1) is 13.3. The van der Waals surface area contributed by atoms with Crippen molar-refractivity contribution in [1.29, 1.82) is 0 Å². The van der Waals surface area contributed by atoms with Crippen LogP contribution >= 0.6 is 15.9 Å². The second-order valence-electron chi connectivity index (χ2n) is 4.39. The van der Waals surface area contributed by atoms with E-state index < -0.39 is 0 Å². The summed E-state index contributed by atoms with van der Waals surface area (Å²) in [6.07, 6.45) is 0. The molecule has 96 valence electrons. The summed E-state index contributed by atoms with van der Waals surface area (Å²) in [5.41, 5.74) is 4.60. The summed E-state index contributed by atoms with van der Waals surface area (Å²) in [4.78, 5) is 0. The lowest BCUT2D eigenvalue weighted by atomic mass is 10.1. The van der Waals surface area contributed by atoms with Crippen LogP contribution in [0.1, 0.15) is 23.9 Å². The molecule has 0 aliphatic rings. The molecule has 1 aromatic carbocycles. The van der Waals surface area contributed by atoms with E-state index in [4.69, 9.17) is 0 Å². The lowest BCUT2D eigenvalue weighted by molar-refractivity contribution is 0.713. The van der Waals surface area contributed by atoms with E-state index in [1.165, 1.54) is 5.56 Å². The molecule has 0 spiro atoms. The topological polar surface area (TPSA) is 29.9 Å². The molecule has 1 N–H and O–H groups in total. The van der Waals surface area contributed by atoms with Crippen molar-refractivity contribution in [2.45, 2.75) is 27.3 Å². The summed E-state index contributed by atoms with van der Waals surface area (Å²) in [5.74, 6) is 0. The molecule has 0 atom stereocenters. The normalized spacial score (nSPS) is 10.9. The Morgan fingerprint density at radius 3 is 2.67 bits per heavy atom. The van der Waals surface area contributed by atoms with Gasteiger partial charge in [0.2, 0.25) is 0 Å². The fraction of sp³-hybridized carbons (Fsp3) is 0.357. The SMILES string of the molecule is CCNCc1cc(Br)ccc1-n1nc(C)cc1C. The first-order valence-electron chi connectivity index (χ1n) is 6.14. The highest BCUT2D eigenvalue weighted by molar-refractivity contribution is 9.10. The summed E-state index contributed by atoms with van der Waals surface area (Å²) in [6.45, 7) is 8.03. The number of nitrogens with zero attached hydrogens (tertiary/aromatic N) is 2. The van der Waals surface area contributed by atoms with Gasteiger partial charge in [-0.1, -0.05) is 22.9 Å². The van der Waals surface area contributed by atoms with E-state index in [1.807, 2.05) is 11.6 Å². The maximum absolute atomic E-state index is 4.55. The van der Waals surface area contributed by atoms with Crippen molar-refractivity contribution in [2.24, 2.45) is 0 Å². The van der Waals surface area contributed by atoms with Crippen molar-refractivity contribution in [3.8, 4) is 5.69 Å². The smallest absolute Gasteiger partial charge is 0.0694 e. The van der Waals surface area contributed by atoms with Gasteiger partial charge in [-0.2, -0.15) is 5.10 Å². The molecule has 18 heavy (non-hydrogen) atoms. The minimum absolute atomic E-state index is 0.851. The average Bonchev–Trinajstić information content (AvgIpc) is 2.66. The van der Waals surface area contributed by atoms with Crippen molar-refractivity contribution >= 4 is 15.9 Å². The van der Waals surface area contributed by atoms with E-state index in [2.05, 4.69) is 64.5 Å². The van der Waals surface area contributed by atoms with Crippen LogP contribution in [0.4, 0.5) is 0 Å². The predicted molar refractivity (Wildman–Crippen MR) is 78.1 cm³/mol. The maximum atomic E-state index is 4.55. The first-order valence-corrected chi connectivity index (χ1v) is 6.94. The van der Waals surface area contributed by atoms with Crippen LogP contribution in [0.2, 0.25) is 0 Å². The van der Waals surface area contributed by atoms with E-state index in [0.29, 0.717) is 0 Å². The monoisotopic (exact) mass is 307 g/mol. The van der Waals surface area contributed by atoms with Crippen LogP contribution in [0.5, 0.6) is 0 Å².